The summed E-state index contributed by atoms with van der Waals surface area (Å²) in [5.41, 5.74) is 2.43. The van der Waals surface area contributed by atoms with Crippen molar-refractivity contribution in [3.63, 3.8) is 0 Å². The Morgan fingerprint density at radius 3 is 2.54 bits per heavy atom. The quantitative estimate of drug-likeness (QED) is 0.883. The van der Waals surface area contributed by atoms with E-state index < -0.39 is 12.0 Å². The van der Waals surface area contributed by atoms with Crippen molar-refractivity contribution in [1.29, 1.82) is 0 Å². The predicted molar refractivity (Wildman–Crippen MR) is 90.1 cm³/mol. The second-order valence-corrected chi connectivity index (χ2v) is 7.21. The molecule has 0 bridgehead atoms. The van der Waals surface area contributed by atoms with Gasteiger partial charge in [-0.1, -0.05) is 5.16 Å². The van der Waals surface area contributed by atoms with Crippen LogP contribution in [-0.2, 0) is 11.3 Å². The van der Waals surface area contributed by atoms with Crippen molar-refractivity contribution in [3.8, 4) is 0 Å². The molecule has 0 unspecified atom stereocenters. The Bertz CT molecular complexity index is 699. The molecule has 3 rings (SSSR count). The highest BCUT2D eigenvalue weighted by molar-refractivity contribution is 7.09. The molecule has 1 saturated heterocycles. The molecule has 1 aliphatic heterocycles. The van der Waals surface area contributed by atoms with Crippen molar-refractivity contribution in [2.24, 2.45) is 0 Å². The highest BCUT2D eigenvalue weighted by atomic mass is 32.1. The highest BCUT2D eigenvalue weighted by Crippen LogP contribution is 2.28. The second kappa shape index (κ2) is 7.00. The summed E-state index contributed by atoms with van der Waals surface area (Å²) in [6.07, 6.45) is 0. The maximum atomic E-state index is 11.8. The fourth-order valence-electron chi connectivity index (χ4n) is 3.23. The van der Waals surface area contributed by atoms with Crippen molar-refractivity contribution in [2.45, 2.75) is 33.4 Å². The monoisotopic (exact) mass is 350 g/mol. The van der Waals surface area contributed by atoms with Crippen LogP contribution in [0.15, 0.2) is 9.90 Å². The molecule has 2 aromatic rings. The third-order valence-corrected chi connectivity index (χ3v) is 5.24. The van der Waals surface area contributed by atoms with Crippen LogP contribution in [0.2, 0.25) is 0 Å². The van der Waals surface area contributed by atoms with Crippen molar-refractivity contribution >= 4 is 17.3 Å². The van der Waals surface area contributed by atoms with Gasteiger partial charge < -0.3 is 9.63 Å². The topological polar surface area (TPSA) is 82.7 Å². The molecule has 1 atom stereocenters. The summed E-state index contributed by atoms with van der Waals surface area (Å²) in [6.45, 7) is 9.44. The molecule has 0 saturated carbocycles. The van der Waals surface area contributed by atoms with E-state index in [2.05, 4.69) is 20.4 Å². The lowest BCUT2D eigenvalue weighted by molar-refractivity contribution is -0.144. The van der Waals surface area contributed by atoms with Gasteiger partial charge in [-0.25, -0.2) is 4.98 Å². The standard InChI is InChI=1S/C16H22N4O3S/c1-10-14(11(2)23-18-10)15(16(21)22)20-6-4-19(5-7-20)8-13-9-24-12(3)17-13/h9,15H,4-8H2,1-3H3,(H,21,22)/t15-/m0/s1. The van der Waals surface area contributed by atoms with Gasteiger partial charge in [-0.05, 0) is 20.8 Å². The number of hydrogen-bond acceptors (Lipinski definition) is 7. The summed E-state index contributed by atoms with van der Waals surface area (Å²) in [7, 11) is 0. The third kappa shape index (κ3) is 3.50. The van der Waals surface area contributed by atoms with Gasteiger partial charge in [0.1, 0.15) is 11.8 Å². The number of aromatic nitrogens is 2. The Kier molecular flexibility index (Phi) is 4.98. The van der Waals surface area contributed by atoms with Crippen molar-refractivity contribution < 1.29 is 14.4 Å². The maximum absolute atomic E-state index is 11.8. The third-order valence-electron chi connectivity index (χ3n) is 4.42. The van der Waals surface area contributed by atoms with Crippen LogP contribution < -0.4 is 0 Å². The molecule has 0 spiro atoms. The van der Waals surface area contributed by atoms with E-state index in [9.17, 15) is 9.90 Å². The minimum absolute atomic E-state index is 0.584. The largest absolute Gasteiger partial charge is 0.480 e. The Hall–Kier alpha value is -1.77. The van der Waals surface area contributed by atoms with Crippen LogP contribution in [0.4, 0.5) is 0 Å². The van der Waals surface area contributed by atoms with Crippen LogP contribution in [0.3, 0.4) is 0 Å². The molecule has 0 aromatic carbocycles. The molecule has 1 aliphatic rings. The normalized spacial score (nSPS) is 18.0. The Morgan fingerprint density at radius 1 is 1.33 bits per heavy atom. The summed E-state index contributed by atoms with van der Waals surface area (Å²) < 4.78 is 5.16. The molecule has 130 valence electrons. The summed E-state index contributed by atoms with van der Waals surface area (Å²) in [5.74, 6) is -0.270. The molecule has 24 heavy (non-hydrogen) atoms. The van der Waals surface area contributed by atoms with E-state index in [1.807, 2.05) is 11.8 Å². The molecule has 0 radical (unpaired) electrons. The van der Waals surface area contributed by atoms with Gasteiger partial charge >= 0.3 is 5.97 Å². The molecular weight excluding hydrogens is 328 g/mol. The van der Waals surface area contributed by atoms with Gasteiger partial charge in [0.2, 0.25) is 0 Å². The number of piperazine rings is 1. The van der Waals surface area contributed by atoms with Gasteiger partial charge in [-0.15, -0.1) is 11.3 Å². The van der Waals surface area contributed by atoms with E-state index in [0.29, 0.717) is 30.1 Å². The average Bonchev–Trinajstić information content (AvgIpc) is 3.09. The van der Waals surface area contributed by atoms with Crippen LogP contribution in [0.1, 0.15) is 33.8 Å². The summed E-state index contributed by atoms with van der Waals surface area (Å²) in [6, 6.07) is -0.695. The van der Waals surface area contributed by atoms with Gasteiger partial charge in [0, 0.05) is 43.7 Å². The lowest BCUT2D eigenvalue weighted by Gasteiger charge is -2.37. The molecule has 0 aliphatic carbocycles. The van der Waals surface area contributed by atoms with Gasteiger partial charge in [-0.2, -0.15) is 0 Å². The molecule has 7 nitrogen and oxygen atoms in total. The van der Waals surface area contributed by atoms with Crippen molar-refractivity contribution in [3.05, 3.63) is 33.1 Å². The first-order valence-corrected chi connectivity index (χ1v) is 8.86. The fraction of sp³-hybridized carbons (Fsp3) is 0.562. The van der Waals surface area contributed by atoms with E-state index in [4.69, 9.17) is 4.52 Å². The number of rotatable bonds is 5. The van der Waals surface area contributed by atoms with E-state index >= 15 is 0 Å². The smallest absolute Gasteiger partial charge is 0.325 e. The predicted octanol–water partition coefficient (Wildman–Crippen LogP) is 2.00. The van der Waals surface area contributed by atoms with Gasteiger partial charge in [-0.3, -0.25) is 14.6 Å². The first-order valence-electron chi connectivity index (χ1n) is 7.98. The summed E-state index contributed by atoms with van der Waals surface area (Å²) in [4.78, 5) is 20.7. The Labute approximate surface area is 144 Å². The van der Waals surface area contributed by atoms with E-state index in [1.54, 1.807) is 25.2 Å². The van der Waals surface area contributed by atoms with Crippen molar-refractivity contribution in [1.82, 2.24) is 19.9 Å². The lowest BCUT2D eigenvalue weighted by Crippen LogP contribution is -2.49. The molecule has 1 fully saturated rings. The van der Waals surface area contributed by atoms with Gasteiger partial charge in [0.15, 0.2) is 0 Å². The van der Waals surface area contributed by atoms with E-state index in [-0.39, 0.29) is 0 Å². The number of aryl methyl sites for hydroxylation is 3. The molecule has 2 aromatic heterocycles. The number of hydrogen-bond donors (Lipinski definition) is 1. The molecule has 3 heterocycles. The lowest BCUT2D eigenvalue weighted by atomic mass is 10.0. The minimum Gasteiger partial charge on any atom is -0.480 e. The van der Waals surface area contributed by atoms with Crippen LogP contribution in [-0.4, -0.2) is 57.2 Å². The fourth-order valence-corrected chi connectivity index (χ4v) is 3.84. The van der Waals surface area contributed by atoms with Gasteiger partial charge in [0.05, 0.1) is 16.4 Å². The Balaban J connectivity index is 1.67. The molecular formula is C16H22N4O3S. The van der Waals surface area contributed by atoms with Crippen LogP contribution in [0.25, 0.3) is 0 Å². The highest BCUT2D eigenvalue weighted by Gasteiger charge is 2.34. The van der Waals surface area contributed by atoms with E-state index in [0.717, 1.165) is 30.3 Å². The SMILES string of the molecule is Cc1nc(CN2CCN([C@H](C(=O)O)c3c(C)noc3C)CC2)cs1. The second-order valence-electron chi connectivity index (χ2n) is 6.15. The molecule has 0 amide bonds. The number of thiazole rings is 1. The maximum Gasteiger partial charge on any atom is 0.325 e. The van der Waals surface area contributed by atoms with Gasteiger partial charge in [0.25, 0.3) is 0 Å². The number of carbonyl (C=O) groups is 1. The summed E-state index contributed by atoms with van der Waals surface area (Å²) >= 11 is 1.66. The zero-order valence-corrected chi connectivity index (χ0v) is 15.0. The molecule has 1 N–H and O–H groups in total. The molecule has 8 heteroatoms. The summed E-state index contributed by atoms with van der Waals surface area (Å²) in [5, 5.41) is 16.8. The average molecular weight is 350 g/mol. The number of nitrogens with zero attached hydrogens (tertiary/aromatic N) is 4. The van der Waals surface area contributed by atoms with E-state index in [1.165, 1.54) is 0 Å². The zero-order valence-electron chi connectivity index (χ0n) is 14.2. The number of carboxylic acids is 1. The number of aliphatic carboxylic acids is 1. The minimum atomic E-state index is -0.854. The van der Waals surface area contributed by atoms with Crippen LogP contribution >= 0.6 is 11.3 Å². The Morgan fingerprint density at radius 2 is 2.04 bits per heavy atom. The zero-order chi connectivity index (χ0) is 17.3. The van der Waals surface area contributed by atoms with Crippen molar-refractivity contribution in [2.75, 3.05) is 26.2 Å². The van der Waals surface area contributed by atoms with Crippen LogP contribution in [0, 0.1) is 20.8 Å². The first-order chi connectivity index (χ1) is 11.5. The number of carboxylic acid groups (broad SMARTS) is 1. The van der Waals surface area contributed by atoms with Crippen LogP contribution in [0.5, 0.6) is 0 Å². The first kappa shape index (κ1) is 17.1.